The van der Waals surface area contributed by atoms with E-state index in [1.165, 1.54) is 12.8 Å². The number of ether oxygens (including phenoxy) is 1. The van der Waals surface area contributed by atoms with E-state index < -0.39 is 0 Å². The van der Waals surface area contributed by atoms with Crippen LogP contribution in [0.1, 0.15) is 26.2 Å². The van der Waals surface area contributed by atoms with Crippen LogP contribution in [0.25, 0.3) is 0 Å². The Morgan fingerprint density at radius 3 is 2.93 bits per heavy atom. The van der Waals surface area contributed by atoms with Gasteiger partial charge in [0.1, 0.15) is 0 Å². The van der Waals surface area contributed by atoms with Crippen LogP contribution >= 0.6 is 0 Å². The van der Waals surface area contributed by atoms with Gasteiger partial charge in [0.15, 0.2) is 0 Å². The predicted octanol–water partition coefficient (Wildman–Crippen LogP) is 0.363. The lowest BCUT2D eigenvalue weighted by Crippen LogP contribution is -2.55. The lowest BCUT2D eigenvalue weighted by molar-refractivity contribution is -0.147. The summed E-state index contributed by atoms with van der Waals surface area (Å²) >= 11 is 0. The molecule has 1 saturated carbocycles. The van der Waals surface area contributed by atoms with Gasteiger partial charge in [0.05, 0.1) is 18.8 Å². The number of amides is 1. The molecule has 1 aliphatic heterocycles. The monoisotopic (exact) mass is 212 g/mol. The Morgan fingerprint density at radius 2 is 2.33 bits per heavy atom. The third-order valence-electron chi connectivity index (χ3n) is 3.28. The molecule has 0 aromatic rings. The van der Waals surface area contributed by atoms with Crippen molar-refractivity contribution in [1.82, 2.24) is 4.90 Å². The highest BCUT2D eigenvalue weighted by molar-refractivity contribution is 5.77. The third-order valence-corrected chi connectivity index (χ3v) is 3.28. The topological polar surface area (TPSA) is 55.6 Å². The van der Waals surface area contributed by atoms with E-state index in [0.717, 1.165) is 13.0 Å². The van der Waals surface area contributed by atoms with Crippen LogP contribution in [0.4, 0.5) is 0 Å². The molecule has 1 atom stereocenters. The highest BCUT2D eigenvalue weighted by atomic mass is 16.5. The molecular formula is C11H20N2O2. The standard InChI is InChI=1S/C11H20N2O2/c1-11(7-12)8-13(4-5-15-11)10(14)6-9-2-3-9/h9H,2-8,12H2,1H3. The number of carbonyl (C=O) groups excluding carboxylic acids is 1. The smallest absolute Gasteiger partial charge is 0.223 e. The van der Waals surface area contributed by atoms with Crippen LogP contribution in [0, 0.1) is 5.92 Å². The zero-order valence-electron chi connectivity index (χ0n) is 9.37. The quantitative estimate of drug-likeness (QED) is 0.735. The van der Waals surface area contributed by atoms with Gasteiger partial charge in [0.2, 0.25) is 5.91 Å². The van der Waals surface area contributed by atoms with Crippen LogP contribution in [0.2, 0.25) is 0 Å². The molecule has 15 heavy (non-hydrogen) atoms. The second-order valence-corrected chi connectivity index (χ2v) is 4.97. The number of hydrogen-bond donors (Lipinski definition) is 1. The Hall–Kier alpha value is -0.610. The number of nitrogens with two attached hydrogens (primary N) is 1. The number of morpholine rings is 1. The average molecular weight is 212 g/mol. The Labute approximate surface area is 90.8 Å². The van der Waals surface area contributed by atoms with Crippen molar-refractivity contribution in [2.75, 3.05) is 26.2 Å². The van der Waals surface area contributed by atoms with E-state index >= 15 is 0 Å². The van der Waals surface area contributed by atoms with Crippen molar-refractivity contribution < 1.29 is 9.53 Å². The van der Waals surface area contributed by atoms with Gasteiger partial charge in [-0.15, -0.1) is 0 Å². The van der Waals surface area contributed by atoms with E-state index in [-0.39, 0.29) is 11.5 Å². The molecule has 0 spiro atoms. The van der Waals surface area contributed by atoms with Gasteiger partial charge in [-0.2, -0.15) is 0 Å². The van der Waals surface area contributed by atoms with Crippen molar-refractivity contribution in [1.29, 1.82) is 0 Å². The van der Waals surface area contributed by atoms with Gasteiger partial charge < -0.3 is 15.4 Å². The first-order chi connectivity index (χ1) is 7.13. The van der Waals surface area contributed by atoms with Crippen molar-refractivity contribution in [2.45, 2.75) is 31.8 Å². The molecule has 1 amide bonds. The minimum atomic E-state index is -0.336. The van der Waals surface area contributed by atoms with Gasteiger partial charge >= 0.3 is 0 Å². The Balaban J connectivity index is 1.88. The molecule has 0 bridgehead atoms. The molecule has 2 N–H and O–H groups in total. The van der Waals surface area contributed by atoms with E-state index in [1.807, 2.05) is 11.8 Å². The molecule has 0 radical (unpaired) electrons. The summed E-state index contributed by atoms with van der Waals surface area (Å²) in [5, 5.41) is 0. The summed E-state index contributed by atoms with van der Waals surface area (Å²) in [6, 6.07) is 0. The van der Waals surface area contributed by atoms with Crippen molar-refractivity contribution >= 4 is 5.91 Å². The summed E-state index contributed by atoms with van der Waals surface area (Å²) in [6.07, 6.45) is 3.18. The average Bonchev–Trinajstić information content (AvgIpc) is 3.02. The van der Waals surface area contributed by atoms with Crippen molar-refractivity contribution in [2.24, 2.45) is 11.7 Å². The van der Waals surface area contributed by atoms with Gasteiger partial charge in [0, 0.05) is 19.5 Å². The molecule has 86 valence electrons. The van der Waals surface area contributed by atoms with Crippen LogP contribution in [0.3, 0.4) is 0 Å². The van der Waals surface area contributed by atoms with E-state index in [2.05, 4.69) is 0 Å². The number of hydrogen-bond acceptors (Lipinski definition) is 3. The second-order valence-electron chi connectivity index (χ2n) is 4.97. The summed E-state index contributed by atoms with van der Waals surface area (Å²) in [5.41, 5.74) is 5.31. The molecule has 1 aliphatic carbocycles. The second kappa shape index (κ2) is 4.10. The Kier molecular flexibility index (Phi) is 2.98. The molecule has 4 nitrogen and oxygen atoms in total. The summed E-state index contributed by atoms with van der Waals surface area (Å²) in [5.74, 6) is 0.935. The molecular weight excluding hydrogens is 192 g/mol. The number of nitrogens with zero attached hydrogens (tertiary/aromatic N) is 1. The van der Waals surface area contributed by atoms with E-state index in [9.17, 15) is 4.79 Å². The van der Waals surface area contributed by atoms with Crippen LogP contribution in [0.5, 0.6) is 0 Å². The first kappa shape index (κ1) is 10.9. The highest BCUT2D eigenvalue weighted by Crippen LogP contribution is 2.33. The van der Waals surface area contributed by atoms with Crippen LogP contribution in [-0.4, -0.2) is 42.6 Å². The normalized spacial score (nSPS) is 31.7. The molecule has 4 heteroatoms. The lowest BCUT2D eigenvalue weighted by Gasteiger charge is -2.39. The van der Waals surface area contributed by atoms with Crippen LogP contribution in [0.15, 0.2) is 0 Å². The molecule has 2 aliphatic rings. The SMILES string of the molecule is CC1(CN)CN(C(=O)CC2CC2)CCO1. The van der Waals surface area contributed by atoms with Gasteiger partial charge in [-0.3, -0.25) is 4.79 Å². The Bertz CT molecular complexity index is 253. The number of rotatable bonds is 3. The molecule has 0 aromatic heterocycles. The van der Waals surface area contributed by atoms with Crippen molar-refractivity contribution in [3.8, 4) is 0 Å². The molecule has 1 saturated heterocycles. The first-order valence-corrected chi connectivity index (χ1v) is 5.75. The summed E-state index contributed by atoms with van der Waals surface area (Å²) in [7, 11) is 0. The van der Waals surface area contributed by atoms with Gasteiger partial charge in [-0.25, -0.2) is 0 Å². The van der Waals surface area contributed by atoms with Crippen molar-refractivity contribution in [3.63, 3.8) is 0 Å². The van der Waals surface area contributed by atoms with Gasteiger partial charge in [-0.05, 0) is 25.7 Å². The maximum Gasteiger partial charge on any atom is 0.223 e. The fourth-order valence-corrected chi connectivity index (χ4v) is 1.97. The summed E-state index contributed by atoms with van der Waals surface area (Å²) < 4.78 is 5.60. The molecule has 2 fully saturated rings. The fourth-order valence-electron chi connectivity index (χ4n) is 1.97. The number of carbonyl (C=O) groups is 1. The maximum absolute atomic E-state index is 11.9. The van der Waals surface area contributed by atoms with Crippen molar-refractivity contribution in [3.05, 3.63) is 0 Å². The zero-order chi connectivity index (χ0) is 10.9. The largest absolute Gasteiger partial charge is 0.370 e. The van der Waals surface area contributed by atoms with E-state index in [1.54, 1.807) is 0 Å². The fraction of sp³-hybridized carbons (Fsp3) is 0.909. The lowest BCUT2D eigenvalue weighted by atomic mass is 10.0. The summed E-state index contributed by atoms with van der Waals surface area (Å²) in [6.45, 7) is 4.43. The molecule has 1 unspecified atom stereocenters. The van der Waals surface area contributed by atoms with E-state index in [4.69, 9.17) is 10.5 Å². The summed E-state index contributed by atoms with van der Waals surface area (Å²) in [4.78, 5) is 13.8. The molecule has 1 heterocycles. The van der Waals surface area contributed by atoms with E-state index in [0.29, 0.717) is 25.6 Å². The first-order valence-electron chi connectivity index (χ1n) is 5.75. The molecule has 0 aromatic carbocycles. The van der Waals surface area contributed by atoms with Crippen LogP contribution < -0.4 is 5.73 Å². The van der Waals surface area contributed by atoms with Crippen LogP contribution in [-0.2, 0) is 9.53 Å². The minimum absolute atomic E-state index is 0.278. The highest BCUT2D eigenvalue weighted by Gasteiger charge is 2.34. The minimum Gasteiger partial charge on any atom is -0.370 e. The zero-order valence-corrected chi connectivity index (χ0v) is 9.37. The predicted molar refractivity (Wildman–Crippen MR) is 57.3 cm³/mol. The van der Waals surface area contributed by atoms with Gasteiger partial charge in [0.25, 0.3) is 0 Å². The third kappa shape index (κ3) is 2.69. The maximum atomic E-state index is 11.9. The van der Waals surface area contributed by atoms with Gasteiger partial charge in [-0.1, -0.05) is 0 Å². The molecule has 2 rings (SSSR count). The Morgan fingerprint density at radius 1 is 1.60 bits per heavy atom.